The van der Waals surface area contributed by atoms with Gasteiger partial charge in [0.2, 0.25) is 0 Å². The van der Waals surface area contributed by atoms with Crippen LogP contribution in [-0.4, -0.2) is 42.1 Å². The summed E-state index contributed by atoms with van der Waals surface area (Å²) in [5, 5.41) is 7.35. The Labute approximate surface area is 192 Å². The number of anilines is 2. The number of piperidine rings is 1. The Hall–Kier alpha value is -4.00. The molecule has 168 valence electrons. The molecule has 1 amide bonds. The van der Waals surface area contributed by atoms with Gasteiger partial charge in [-0.2, -0.15) is 0 Å². The van der Waals surface area contributed by atoms with Gasteiger partial charge in [-0.25, -0.2) is 0 Å². The van der Waals surface area contributed by atoms with Crippen molar-refractivity contribution in [3.05, 3.63) is 78.6 Å². The summed E-state index contributed by atoms with van der Waals surface area (Å²) in [5.74, 6) is 2.04. The summed E-state index contributed by atoms with van der Waals surface area (Å²) >= 11 is 0. The predicted molar refractivity (Wildman–Crippen MR) is 131 cm³/mol. The fourth-order valence-electron chi connectivity index (χ4n) is 4.25. The van der Waals surface area contributed by atoms with Crippen molar-refractivity contribution in [1.82, 2.24) is 15.3 Å². The van der Waals surface area contributed by atoms with Crippen LogP contribution in [0.15, 0.2) is 72.9 Å². The third kappa shape index (κ3) is 4.77. The number of benzene rings is 2. The summed E-state index contributed by atoms with van der Waals surface area (Å²) in [4.78, 5) is 21.8. The topological polar surface area (TPSA) is 82.3 Å². The third-order valence-corrected chi connectivity index (χ3v) is 6.00. The van der Waals surface area contributed by atoms with Gasteiger partial charge in [-0.3, -0.25) is 9.78 Å². The van der Waals surface area contributed by atoms with Gasteiger partial charge < -0.3 is 25.3 Å². The average Bonchev–Trinajstić information content (AvgIpc) is 3.26. The highest BCUT2D eigenvalue weighted by Crippen LogP contribution is 2.28. The summed E-state index contributed by atoms with van der Waals surface area (Å²) in [6.45, 7) is 2.09. The van der Waals surface area contributed by atoms with Crippen LogP contribution < -0.4 is 20.3 Å². The van der Waals surface area contributed by atoms with Gasteiger partial charge in [0.25, 0.3) is 5.91 Å². The number of aromatic nitrogens is 2. The fourth-order valence-corrected chi connectivity index (χ4v) is 4.25. The van der Waals surface area contributed by atoms with E-state index in [-0.39, 0.29) is 5.91 Å². The van der Waals surface area contributed by atoms with Crippen LogP contribution in [0.5, 0.6) is 11.5 Å². The number of para-hydroxylation sites is 1. The number of amides is 1. The van der Waals surface area contributed by atoms with Crippen molar-refractivity contribution in [3.8, 4) is 11.5 Å². The first kappa shape index (κ1) is 20.9. The maximum atomic E-state index is 11.8. The molecule has 0 atom stereocenters. The van der Waals surface area contributed by atoms with Gasteiger partial charge >= 0.3 is 0 Å². The quantitative estimate of drug-likeness (QED) is 0.401. The lowest BCUT2D eigenvalue weighted by atomic mass is 10.0. The average molecular weight is 442 g/mol. The smallest absolute Gasteiger partial charge is 0.269 e. The second-order valence-corrected chi connectivity index (χ2v) is 8.23. The number of nitrogens with zero attached hydrogens (tertiary/aromatic N) is 2. The van der Waals surface area contributed by atoms with Crippen LogP contribution >= 0.6 is 0 Å². The highest BCUT2D eigenvalue weighted by molar-refractivity contribution is 5.92. The molecule has 1 aliphatic rings. The maximum absolute atomic E-state index is 11.8. The van der Waals surface area contributed by atoms with Gasteiger partial charge in [-0.1, -0.05) is 18.2 Å². The van der Waals surface area contributed by atoms with Crippen LogP contribution in [0.1, 0.15) is 23.3 Å². The van der Waals surface area contributed by atoms with E-state index in [0.29, 0.717) is 23.2 Å². The molecule has 0 saturated carbocycles. The number of pyridine rings is 1. The Morgan fingerprint density at radius 2 is 1.82 bits per heavy atom. The Bertz CT molecular complexity index is 1250. The minimum absolute atomic E-state index is 0.245. The number of hydrogen-bond acceptors (Lipinski definition) is 5. The minimum atomic E-state index is -0.245. The first-order chi connectivity index (χ1) is 16.2. The van der Waals surface area contributed by atoms with Crippen LogP contribution in [0.3, 0.4) is 0 Å². The number of ether oxygens (including phenoxy) is 1. The first-order valence-corrected chi connectivity index (χ1v) is 11.2. The number of rotatable bonds is 6. The van der Waals surface area contributed by atoms with Crippen molar-refractivity contribution < 1.29 is 9.53 Å². The molecule has 1 fully saturated rings. The van der Waals surface area contributed by atoms with E-state index in [4.69, 9.17) is 4.74 Å². The zero-order valence-electron chi connectivity index (χ0n) is 18.5. The maximum Gasteiger partial charge on any atom is 0.269 e. The molecule has 0 spiro atoms. The highest BCUT2D eigenvalue weighted by Gasteiger charge is 2.19. The lowest BCUT2D eigenvalue weighted by Gasteiger charge is -2.34. The number of fused-ring (bicyclic) bond motifs is 1. The van der Waals surface area contributed by atoms with Gasteiger partial charge in [-0.05, 0) is 49.2 Å². The summed E-state index contributed by atoms with van der Waals surface area (Å²) in [6.07, 6.45) is 3.75. The third-order valence-electron chi connectivity index (χ3n) is 6.00. The van der Waals surface area contributed by atoms with Gasteiger partial charge in [0.05, 0.1) is 5.52 Å². The predicted octanol–water partition coefficient (Wildman–Crippen LogP) is 4.80. The highest BCUT2D eigenvalue weighted by atomic mass is 16.5. The minimum Gasteiger partial charge on any atom is -0.457 e. The van der Waals surface area contributed by atoms with E-state index < -0.39 is 0 Å². The molecule has 33 heavy (non-hydrogen) atoms. The molecule has 3 N–H and O–H groups in total. The molecule has 1 aliphatic heterocycles. The van der Waals surface area contributed by atoms with Crippen LogP contribution in [0.2, 0.25) is 0 Å². The number of carbonyl (C=O) groups is 1. The number of nitrogens with one attached hydrogen (secondary N) is 3. The molecule has 3 heterocycles. The molecule has 0 bridgehead atoms. The van der Waals surface area contributed by atoms with E-state index in [0.717, 1.165) is 42.7 Å². The van der Waals surface area contributed by atoms with Crippen LogP contribution in [0, 0.1) is 0 Å². The van der Waals surface area contributed by atoms with Crippen molar-refractivity contribution in [1.29, 1.82) is 0 Å². The van der Waals surface area contributed by atoms with Crippen LogP contribution in [0.25, 0.3) is 10.9 Å². The van der Waals surface area contributed by atoms with Crippen molar-refractivity contribution >= 4 is 28.3 Å². The van der Waals surface area contributed by atoms with E-state index in [1.807, 2.05) is 18.2 Å². The van der Waals surface area contributed by atoms with Crippen LogP contribution in [-0.2, 0) is 0 Å². The van der Waals surface area contributed by atoms with Crippen LogP contribution in [0.4, 0.5) is 11.5 Å². The zero-order chi connectivity index (χ0) is 22.6. The summed E-state index contributed by atoms with van der Waals surface area (Å²) in [7, 11) is 1.58. The summed E-state index contributed by atoms with van der Waals surface area (Å²) < 4.78 is 5.97. The standard InChI is InChI=1S/C26H27N5O2/c1-27-26(32)24-17-22(9-12-28-24)33-21-8-7-18-15-25(30-23(18)16-21)29-19-10-13-31(14-11-19)20-5-3-2-4-6-20/h2-9,12,15-17,19,29-30H,10-11,13-14H2,1H3,(H,27,32). The van der Waals surface area contributed by atoms with E-state index in [9.17, 15) is 4.79 Å². The molecule has 4 aromatic rings. The molecular formula is C26H27N5O2. The van der Waals surface area contributed by atoms with Crippen molar-refractivity contribution in [3.63, 3.8) is 0 Å². The van der Waals surface area contributed by atoms with E-state index in [1.165, 1.54) is 5.69 Å². The first-order valence-electron chi connectivity index (χ1n) is 11.2. The van der Waals surface area contributed by atoms with Gasteiger partial charge in [0.15, 0.2) is 0 Å². The molecular weight excluding hydrogens is 414 g/mol. The molecule has 1 saturated heterocycles. The molecule has 7 nitrogen and oxygen atoms in total. The van der Waals surface area contributed by atoms with Gasteiger partial charge in [0, 0.05) is 55.6 Å². The number of carbonyl (C=O) groups excluding carboxylic acids is 1. The second kappa shape index (κ2) is 9.24. The Balaban J connectivity index is 1.23. The molecule has 5 rings (SSSR count). The molecule has 0 unspecified atom stereocenters. The second-order valence-electron chi connectivity index (χ2n) is 8.23. The lowest BCUT2D eigenvalue weighted by molar-refractivity contribution is 0.0958. The fraction of sp³-hybridized carbons (Fsp3) is 0.231. The summed E-state index contributed by atoms with van der Waals surface area (Å²) in [6, 6.07) is 22.5. The number of aromatic amines is 1. The lowest BCUT2D eigenvalue weighted by Crippen LogP contribution is -2.39. The Kier molecular flexibility index (Phi) is 5.85. The molecule has 0 aliphatic carbocycles. The van der Waals surface area contributed by atoms with Crippen molar-refractivity contribution in [2.45, 2.75) is 18.9 Å². The SMILES string of the molecule is CNC(=O)c1cc(Oc2ccc3cc(NC4CCN(c5ccccc5)CC4)[nH]c3c2)ccn1. The number of hydrogen-bond donors (Lipinski definition) is 3. The van der Waals surface area contributed by atoms with Gasteiger partial charge in [0.1, 0.15) is 23.0 Å². The molecule has 2 aromatic heterocycles. The van der Waals surface area contributed by atoms with E-state index >= 15 is 0 Å². The Morgan fingerprint density at radius 3 is 2.61 bits per heavy atom. The zero-order valence-corrected chi connectivity index (χ0v) is 18.5. The summed E-state index contributed by atoms with van der Waals surface area (Å²) in [5.41, 5.74) is 2.61. The molecule has 0 radical (unpaired) electrons. The van der Waals surface area contributed by atoms with Gasteiger partial charge in [-0.15, -0.1) is 0 Å². The van der Waals surface area contributed by atoms with Crippen molar-refractivity contribution in [2.75, 3.05) is 30.4 Å². The van der Waals surface area contributed by atoms with E-state index in [1.54, 1.807) is 25.4 Å². The van der Waals surface area contributed by atoms with E-state index in [2.05, 4.69) is 61.9 Å². The van der Waals surface area contributed by atoms with Crippen molar-refractivity contribution in [2.24, 2.45) is 0 Å². The Morgan fingerprint density at radius 1 is 1.03 bits per heavy atom. The molecule has 7 heteroatoms. The molecule has 2 aromatic carbocycles. The largest absolute Gasteiger partial charge is 0.457 e. The normalized spacial score (nSPS) is 14.3. The monoisotopic (exact) mass is 441 g/mol. The number of H-pyrrole nitrogens is 1.